The van der Waals surface area contributed by atoms with Crippen molar-refractivity contribution in [2.75, 3.05) is 19.8 Å². The molecular weight excluding hydrogens is 258 g/mol. The molecule has 1 atom stereocenters. The lowest BCUT2D eigenvalue weighted by Gasteiger charge is -2.13. The van der Waals surface area contributed by atoms with Crippen LogP contribution in [0, 0.1) is 5.92 Å². The minimum Gasteiger partial charge on any atom is -0.481 e. The number of carbonyl (C=O) groups is 2. The highest BCUT2D eigenvalue weighted by Gasteiger charge is 2.18. The monoisotopic (exact) mass is 279 g/mol. The standard InChI is InChI=1S/C15H21NO4/c1-2-8-20-11-14(17)16-10-13(15(18)19)9-12-6-4-3-5-7-12/h3-7,13H,2,8-11H2,1H3,(H,16,17)(H,18,19). The average Bonchev–Trinajstić information content (AvgIpc) is 2.44. The molecule has 5 nitrogen and oxygen atoms in total. The highest BCUT2D eigenvalue weighted by molar-refractivity contribution is 5.78. The Morgan fingerprint density at radius 3 is 2.60 bits per heavy atom. The Bertz CT molecular complexity index is 419. The first kappa shape index (κ1) is 16.2. The first-order valence-corrected chi connectivity index (χ1v) is 6.74. The number of carboxylic acid groups (broad SMARTS) is 1. The Kier molecular flexibility index (Phi) is 7.35. The van der Waals surface area contributed by atoms with Crippen molar-refractivity contribution in [3.8, 4) is 0 Å². The quantitative estimate of drug-likeness (QED) is 0.671. The lowest BCUT2D eigenvalue weighted by molar-refractivity contribution is -0.141. The van der Waals surface area contributed by atoms with Crippen LogP contribution in [0.2, 0.25) is 0 Å². The fraction of sp³-hybridized carbons (Fsp3) is 0.467. The van der Waals surface area contributed by atoms with Crippen molar-refractivity contribution in [3.63, 3.8) is 0 Å². The van der Waals surface area contributed by atoms with Crippen LogP contribution in [0.1, 0.15) is 18.9 Å². The van der Waals surface area contributed by atoms with Crippen LogP contribution in [0.15, 0.2) is 30.3 Å². The van der Waals surface area contributed by atoms with E-state index in [2.05, 4.69) is 5.32 Å². The summed E-state index contributed by atoms with van der Waals surface area (Å²) in [7, 11) is 0. The van der Waals surface area contributed by atoms with Crippen LogP contribution in [0.3, 0.4) is 0 Å². The molecule has 0 bridgehead atoms. The highest BCUT2D eigenvalue weighted by atomic mass is 16.5. The summed E-state index contributed by atoms with van der Waals surface area (Å²) in [6.45, 7) is 2.57. The molecule has 0 saturated heterocycles. The smallest absolute Gasteiger partial charge is 0.308 e. The third kappa shape index (κ3) is 6.33. The molecule has 1 unspecified atom stereocenters. The van der Waals surface area contributed by atoms with Gasteiger partial charge in [-0.2, -0.15) is 0 Å². The Labute approximate surface area is 118 Å². The molecule has 110 valence electrons. The van der Waals surface area contributed by atoms with Crippen molar-refractivity contribution in [2.45, 2.75) is 19.8 Å². The van der Waals surface area contributed by atoms with Crippen molar-refractivity contribution in [2.24, 2.45) is 5.92 Å². The minimum absolute atomic E-state index is 0.0223. The molecule has 20 heavy (non-hydrogen) atoms. The Balaban J connectivity index is 2.40. The second-order valence-electron chi connectivity index (χ2n) is 4.58. The average molecular weight is 279 g/mol. The summed E-state index contributed by atoms with van der Waals surface area (Å²) in [5.41, 5.74) is 0.941. The predicted octanol–water partition coefficient (Wildman–Crippen LogP) is 1.47. The number of nitrogens with one attached hydrogen (secondary N) is 1. The van der Waals surface area contributed by atoms with Gasteiger partial charge in [0.1, 0.15) is 6.61 Å². The van der Waals surface area contributed by atoms with Gasteiger partial charge in [0.05, 0.1) is 5.92 Å². The van der Waals surface area contributed by atoms with E-state index in [0.29, 0.717) is 13.0 Å². The molecule has 1 rings (SSSR count). The molecule has 0 saturated carbocycles. The second kappa shape index (κ2) is 9.09. The zero-order valence-corrected chi connectivity index (χ0v) is 11.7. The number of ether oxygens (including phenoxy) is 1. The molecule has 1 aromatic rings. The van der Waals surface area contributed by atoms with Crippen molar-refractivity contribution >= 4 is 11.9 Å². The first-order chi connectivity index (χ1) is 9.63. The van der Waals surface area contributed by atoms with Crippen LogP contribution in [-0.2, 0) is 20.7 Å². The number of rotatable bonds is 9. The molecule has 0 aliphatic rings. The number of aliphatic carboxylic acids is 1. The normalized spacial score (nSPS) is 11.8. The lowest BCUT2D eigenvalue weighted by atomic mass is 9.99. The third-order valence-corrected chi connectivity index (χ3v) is 2.80. The van der Waals surface area contributed by atoms with Crippen LogP contribution >= 0.6 is 0 Å². The third-order valence-electron chi connectivity index (χ3n) is 2.80. The van der Waals surface area contributed by atoms with E-state index in [1.165, 1.54) is 0 Å². The summed E-state index contributed by atoms with van der Waals surface area (Å²) in [5, 5.41) is 11.8. The summed E-state index contributed by atoms with van der Waals surface area (Å²) >= 11 is 0. The van der Waals surface area contributed by atoms with E-state index in [1.54, 1.807) is 0 Å². The molecule has 2 N–H and O–H groups in total. The Morgan fingerprint density at radius 1 is 1.30 bits per heavy atom. The van der Waals surface area contributed by atoms with Gasteiger partial charge in [-0.05, 0) is 18.4 Å². The number of hydrogen-bond acceptors (Lipinski definition) is 3. The van der Waals surface area contributed by atoms with E-state index in [1.807, 2.05) is 37.3 Å². The maximum atomic E-state index is 11.5. The fourth-order valence-electron chi connectivity index (χ4n) is 1.74. The minimum atomic E-state index is -0.913. The molecular formula is C15H21NO4. The molecule has 0 aliphatic carbocycles. The lowest BCUT2D eigenvalue weighted by Crippen LogP contribution is -2.36. The molecule has 5 heteroatoms. The van der Waals surface area contributed by atoms with Crippen LogP contribution in [0.4, 0.5) is 0 Å². The fourth-order valence-corrected chi connectivity index (χ4v) is 1.74. The van der Waals surface area contributed by atoms with E-state index in [4.69, 9.17) is 4.74 Å². The van der Waals surface area contributed by atoms with E-state index in [0.717, 1.165) is 12.0 Å². The number of hydrogen-bond donors (Lipinski definition) is 2. The van der Waals surface area contributed by atoms with Gasteiger partial charge >= 0.3 is 5.97 Å². The van der Waals surface area contributed by atoms with E-state index >= 15 is 0 Å². The summed E-state index contributed by atoms with van der Waals surface area (Å²) in [5.74, 6) is -1.83. The van der Waals surface area contributed by atoms with Gasteiger partial charge in [-0.3, -0.25) is 9.59 Å². The van der Waals surface area contributed by atoms with Gasteiger partial charge < -0.3 is 15.2 Å². The van der Waals surface area contributed by atoms with Crippen molar-refractivity contribution in [3.05, 3.63) is 35.9 Å². The molecule has 1 amide bonds. The molecule has 1 aromatic carbocycles. The number of carboxylic acids is 1. The molecule has 0 aromatic heterocycles. The van der Waals surface area contributed by atoms with Gasteiger partial charge in [-0.1, -0.05) is 37.3 Å². The number of carbonyl (C=O) groups excluding carboxylic acids is 1. The van der Waals surface area contributed by atoms with Crippen LogP contribution in [0.5, 0.6) is 0 Å². The van der Waals surface area contributed by atoms with Gasteiger partial charge in [-0.15, -0.1) is 0 Å². The van der Waals surface area contributed by atoms with E-state index in [-0.39, 0.29) is 19.1 Å². The van der Waals surface area contributed by atoms with Crippen molar-refractivity contribution in [1.82, 2.24) is 5.32 Å². The van der Waals surface area contributed by atoms with Gasteiger partial charge in [0.15, 0.2) is 0 Å². The SMILES string of the molecule is CCCOCC(=O)NCC(Cc1ccccc1)C(=O)O. The molecule has 0 radical (unpaired) electrons. The predicted molar refractivity (Wildman–Crippen MR) is 75.4 cm³/mol. The number of benzene rings is 1. The summed E-state index contributed by atoms with van der Waals surface area (Å²) in [6.07, 6.45) is 1.24. The van der Waals surface area contributed by atoms with Crippen LogP contribution in [-0.4, -0.2) is 36.7 Å². The highest BCUT2D eigenvalue weighted by Crippen LogP contribution is 2.08. The molecule has 0 aliphatic heterocycles. The zero-order valence-electron chi connectivity index (χ0n) is 11.7. The van der Waals surface area contributed by atoms with Gasteiger partial charge in [0.25, 0.3) is 0 Å². The van der Waals surface area contributed by atoms with Gasteiger partial charge in [-0.25, -0.2) is 0 Å². The topological polar surface area (TPSA) is 75.6 Å². The first-order valence-electron chi connectivity index (χ1n) is 6.74. The molecule has 0 heterocycles. The maximum absolute atomic E-state index is 11.5. The molecule has 0 spiro atoms. The van der Waals surface area contributed by atoms with Crippen molar-refractivity contribution in [1.29, 1.82) is 0 Å². The van der Waals surface area contributed by atoms with Gasteiger partial charge in [0.2, 0.25) is 5.91 Å². The summed E-state index contributed by atoms with van der Waals surface area (Å²) < 4.78 is 5.10. The molecule has 0 fully saturated rings. The van der Waals surface area contributed by atoms with Gasteiger partial charge in [0, 0.05) is 13.2 Å². The van der Waals surface area contributed by atoms with Crippen LogP contribution < -0.4 is 5.32 Å². The van der Waals surface area contributed by atoms with Crippen molar-refractivity contribution < 1.29 is 19.4 Å². The van der Waals surface area contributed by atoms with E-state index < -0.39 is 11.9 Å². The number of amides is 1. The largest absolute Gasteiger partial charge is 0.481 e. The van der Waals surface area contributed by atoms with Crippen LogP contribution in [0.25, 0.3) is 0 Å². The summed E-state index contributed by atoms with van der Waals surface area (Å²) in [6, 6.07) is 9.37. The maximum Gasteiger partial charge on any atom is 0.308 e. The second-order valence-corrected chi connectivity index (χ2v) is 4.58. The van der Waals surface area contributed by atoms with E-state index in [9.17, 15) is 14.7 Å². The Morgan fingerprint density at radius 2 is 2.00 bits per heavy atom. The Hall–Kier alpha value is -1.88. The zero-order chi connectivity index (χ0) is 14.8. The summed E-state index contributed by atoms with van der Waals surface area (Å²) in [4.78, 5) is 22.7.